The van der Waals surface area contributed by atoms with E-state index in [0.717, 1.165) is 20.8 Å². The molecule has 7 rings (SSSR count). The van der Waals surface area contributed by atoms with Gasteiger partial charge in [0, 0.05) is 47.2 Å². The Labute approximate surface area is 708 Å². The molecule has 0 saturated carbocycles. The summed E-state index contributed by atoms with van der Waals surface area (Å²) in [4.78, 5) is 277. The van der Waals surface area contributed by atoms with Gasteiger partial charge in [-0.2, -0.15) is 8.42 Å². The number of amides is 14. The van der Waals surface area contributed by atoms with Gasteiger partial charge in [-0.25, -0.2) is 9.59 Å². The Morgan fingerprint density at radius 2 is 1.16 bits per heavy atom. The second-order valence-corrected chi connectivity index (χ2v) is 30.4. The van der Waals surface area contributed by atoms with Crippen molar-refractivity contribution in [3.63, 3.8) is 0 Å². The Kier molecular flexibility index (Phi) is 35.0. The first-order valence-corrected chi connectivity index (χ1v) is 39.7. The monoisotopic (exact) mass is 1770 g/mol. The summed E-state index contributed by atoms with van der Waals surface area (Å²) in [6.07, 6.45) is -10.2. The van der Waals surface area contributed by atoms with Crippen molar-refractivity contribution in [1.82, 2.24) is 74.1 Å². The lowest BCUT2D eigenvalue weighted by molar-refractivity contribution is -0.156. The van der Waals surface area contributed by atoms with Crippen LogP contribution < -0.4 is 86.3 Å². The number of carboxylic acid groups (broad SMARTS) is 4. The van der Waals surface area contributed by atoms with E-state index in [2.05, 4.69) is 52.8 Å². The number of carbonyl (C=O) groups excluding carboxylic acids is 16. The number of nitrogens with one attached hydrogen (secondary N) is 14. The van der Waals surface area contributed by atoms with E-state index in [1.165, 1.54) is 42.5 Å². The van der Waals surface area contributed by atoms with Crippen LogP contribution in [0.4, 0.5) is 10.5 Å². The van der Waals surface area contributed by atoms with Crippen LogP contribution in [-0.4, -0.2) is 267 Å². The van der Waals surface area contributed by atoms with Gasteiger partial charge >= 0.3 is 35.9 Å². The number of alkyl carbamates (subject to hydrolysis) is 1. The van der Waals surface area contributed by atoms with Crippen LogP contribution in [0.1, 0.15) is 105 Å². The molecule has 1 aliphatic heterocycles. The maximum Gasteiger partial charge on any atom is 0.407 e. The molecule has 1 aliphatic carbocycles. The lowest BCUT2D eigenvalue weighted by Crippen LogP contribution is -2.61. The van der Waals surface area contributed by atoms with E-state index < -0.39 is 296 Å². The number of fused-ring (bicyclic) bond motifs is 4. The minimum Gasteiger partial charge on any atom is -0.481 e. The highest BCUT2D eigenvalue weighted by molar-refractivity contribution is 7.85. The number of carboxylic acids is 4. The number of H-pyrrole nitrogens is 1. The number of nitrogens with two attached hydrogens (primary N) is 3. The number of cyclic esters (lactones) is 1. The number of aliphatic hydroxyl groups is 1. The second kappa shape index (κ2) is 44.8. The fourth-order valence-electron chi connectivity index (χ4n) is 13.1. The number of hydrogen-bond acceptors (Lipinski definition) is 27. The van der Waals surface area contributed by atoms with Crippen LogP contribution in [0.5, 0.6) is 0 Å². The fraction of sp³-hybridized carbons (Fsp3) is 0.403. The molecule has 47 nitrogen and oxygen atoms in total. The number of benzene rings is 4. The topological polar surface area (TPSA) is 766 Å². The first-order chi connectivity index (χ1) is 58.9. The number of aromatic nitrogens is 1. The summed E-state index contributed by atoms with van der Waals surface area (Å²) in [6, 6.07) is -0.761. The van der Waals surface area contributed by atoms with Crippen molar-refractivity contribution in [2.75, 3.05) is 38.6 Å². The second-order valence-electron chi connectivity index (χ2n) is 29.0. The Bertz CT molecular complexity index is 5120. The Balaban J connectivity index is 1.26. The first kappa shape index (κ1) is 97.6. The molecule has 0 radical (unpaired) electrons. The number of nitrogen functional groups attached to an aromatic ring is 1. The lowest BCUT2D eigenvalue weighted by Gasteiger charge is -2.30. The molecule has 2 heterocycles. The van der Waals surface area contributed by atoms with Gasteiger partial charge in [0.2, 0.25) is 76.8 Å². The molecule has 1 unspecified atom stereocenters. The Morgan fingerprint density at radius 3 is 1.80 bits per heavy atom. The van der Waals surface area contributed by atoms with Gasteiger partial charge in [0.1, 0.15) is 73.1 Å². The molecule has 5 aromatic rings. The molecule has 1 saturated heterocycles. The van der Waals surface area contributed by atoms with Gasteiger partial charge in [-0.3, -0.25) is 90.9 Å². The summed E-state index contributed by atoms with van der Waals surface area (Å²) in [5.74, 6) is -30.9. The van der Waals surface area contributed by atoms with Gasteiger partial charge in [0.05, 0.1) is 62.7 Å². The number of ether oxygens (including phenoxy) is 2. The van der Waals surface area contributed by atoms with Gasteiger partial charge in [0.15, 0.2) is 5.78 Å². The average molecular weight is 1770 g/mol. The van der Waals surface area contributed by atoms with Gasteiger partial charge in [-0.05, 0) is 97.2 Å². The van der Waals surface area contributed by atoms with E-state index in [-0.39, 0.29) is 24.1 Å². The lowest BCUT2D eigenvalue weighted by atomic mass is 9.96. The first-order valence-electron chi connectivity index (χ1n) is 38.3. The SMILES string of the molecule is C[C@H](CC(=O)O)[C@@H]1NC(=O)[C@@H](CO)NC(=O)CNC(=O)[C@H](CC(=O)O)NC(=O)[C@@H](C)NC(=O)[C@H](CC(=O)O)NC(=O)[C@H](CCCNC(=O)OCC2c3ccccc3-c3ccc(S(=O)(=O)O)cc32)NC(=O)CNC(=O)[C@@H](NC(=O)[C@H](CC(=O)O)NC(=O)[C@@H](CC(N)=O)NC(=O)[C@H](N)Cc2c[nH]c3ccccc23)[C@@H](C)OC(=O)[C@H](CC(=O)c2ccccc2N)NC1=O. The van der Waals surface area contributed by atoms with Gasteiger partial charge in [-0.15, -0.1) is 0 Å². The summed E-state index contributed by atoms with van der Waals surface area (Å²) in [5.41, 5.74) is 20.6. The zero-order valence-electron chi connectivity index (χ0n) is 66.8. The molecule has 0 spiro atoms. The molecule has 1 fully saturated rings. The zero-order chi connectivity index (χ0) is 92.4. The van der Waals surface area contributed by atoms with Crippen molar-refractivity contribution < 1.29 is 144 Å². The van der Waals surface area contributed by atoms with E-state index in [0.29, 0.717) is 38.7 Å². The predicted molar refractivity (Wildman–Crippen MR) is 428 cm³/mol. The van der Waals surface area contributed by atoms with Gasteiger partial charge in [0.25, 0.3) is 10.1 Å². The van der Waals surface area contributed by atoms with E-state index in [4.69, 9.17) is 26.7 Å². The van der Waals surface area contributed by atoms with Crippen molar-refractivity contribution in [3.8, 4) is 11.1 Å². The third-order valence-corrected chi connectivity index (χ3v) is 20.4. The third-order valence-electron chi connectivity index (χ3n) is 19.5. The highest BCUT2D eigenvalue weighted by Crippen LogP contribution is 2.45. The molecule has 14 atom stereocenters. The van der Waals surface area contributed by atoms with Gasteiger partial charge in [-0.1, -0.05) is 67.6 Å². The number of primary amides is 1. The number of aliphatic carboxylic acids is 4. The fourth-order valence-corrected chi connectivity index (χ4v) is 13.7. The number of esters is 1. The minimum absolute atomic E-state index is 0.175. The van der Waals surface area contributed by atoms with Crippen LogP contribution in [0.25, 0.3) is 22.0 Å². The number of aliphatic hydroxyl groups excluding tert-OH is 1. The predicted octanol–water partition coefficient (Wildman–Crippen LogP) is -6.09. The number of Topliss-reactive ketones (excluding diaryl/α,β-unsaturated/α-hetero) is 1. The number of rotatable bonds is 30. The molecular weight excluding hydrogens is 1680 g/mol. The normalized spacial score (nSPS) is 21.3. The van der Waals surface area contributed by atoms with Crippen molar-refractivity contribution in [1.29, 1.82) is 0 Å². The van der Waals surface area contributed by atoms with Crippen molar-refractivity contribution in [2.45, 2.75) is 162 Å². The van der Waals surface area contributed by atoms with Crippen LogP contribution in [0.15, 0.2) is 102 Å². The molecule has 2 aliphatic rings. The standard InChI is InChI=1S/C77H93N17O30S/c1-34(21-60(100)101)64-75(117)92-54(24-56(96)43-14-6-8-15-46(43)78)76(118)124-36(3)65(94-72(114)53(28-63(106)107)91-71(113)50(25-57(80)97)89-67(109)47(79)22-37-29-82-48-16-9-7-11-39(37)48)74(116)84-31-58(98)86-49(17-10-20-81-77(119)123-33-45-41-13-5-4-12-40(41)42-19-18-38(23-44(42)45)125(120,121)122)69(111)90-52(27-62(104)105)70(112)85-35(2)66(108)88-51(26-61(102)103)68(110)83-30-59(99)87-55(32-95)73(115)93-64/h4-9,11-16,18-19,23,29,34-36,45,47,49-55,64-65,82,95H,10,17,20-22,24-28,30-33,78-79H2,1-3H3,(H2,80,97)(H,81,119)(H,83,110)(H,84,116)(H,85,112)(H,86,98)(H,87,99)(H,88,108)(H,89,109)(H,90,111)(H,91,113)(H,92,117)(H,93,115)(H,94,114)(H,100,101)(H,102,103)(H,104,105)(H,106,107)(H,120,121,122)/t34-,35-,36-,45?,47-,49+,50-,51+,52+,53+,54+,55-,64+,65+/m1/s1. The van der Waals surface area contributed by atoms with E-state index in [1.807, 2.05) is 21.3 Å². The molecule has 48 heteroatoms. The summed E-state index contributed by atoms with van der Waals surface area (Å²) in [6.45, 7) is -1.94. The molecule has 672 valence electrons. The minimum atomic E-state index is -4.72. The number of carbonyl (C=O) groups is 20. The summed E-state index contributed by atoms with van der Waals surface area (Å²) >= 11 is 0. The maximum absolute atomic E-state index is 14.9. The summed E-state index contributed by atoms with van der Waals surface area (Å²) in [7, 11) is -4.72. The average Bonchev–Trinajstić information content (AvgIpc) is 1.60. The largest absolute Gasteiger partial charge is 0.481 e. The molecule has 14 amide bonds. The Hall–Kier alpha value is -14.6. The molecule has 125 heavy (non-hydrogen) atoms. The van der Waals surface area contributed by atoms with Crippen molar-refractivity contribution in [2.24, 2.45) is 17.4 Å². The van der Waals surface area contributed by atoms with E-state index in [1.54, 1.807) is 54.7 Å². The quantitative estimate of drug-likeness (QED) is 0.00669. The van der Waals surface area contributed by atoms with Gasteiger partial charge < -0.3 is 126 Å². The number of ketones is 1. The van der Waals surface area contributed by atoms with Crippen LogP contribution in [-0.2, 0) is 112 Å². The highest BCUT2D eigenvalue weighted by Gasteiger charge is 2.42. The molecular formula is C77H93N17O30S. The van der Waals surface area contributed by atoms with E-state index >= 15 is 0 Å². The third kappa shape index (κ3) is 28.5. The maximum atomic E-state index is 14.9. The number of anilines is 1. The van der Waals surface area contributed by atoms with Crippen LogP contribution in [0.3, 0.4) is 0 Å². The van der Waals surface area contributed by atoms with Crippen LogP contribution in [0, 0.1) is 5.92 Å². The zero-order valence-corrected chi connectivity index (χ0v) is 67.7. The van der Waals surface area contributed by atoms with Crippen molar-refractivity contribution >= 4 is 145 Å². The molecule has 0 bridgehead atoms. The van der Waals surface area contributed by atoms with Crippen LogP contribution in [0.2, 0.25) is 0 Å². The summed E-state index contributed by atoms with van der Waals surface area (Å²) in [5, 5.41) is 78.4. The van der Waals surface area contributed by atoms with Crippen LogP contribution >= 0.6 is 0 Å². The number of aromatic amines is 1. The molecule has 4 aromatic carbocycles. The number of para-hydroxylation sites is 2. The number of hydrogen-bond donors (Lipinski definition) is 23. The van der Waals surface area contributed by atoms with E-state index in [9.17, 15) is 134 Å². The molecule has 1 aromatic heterocycles. The van der Waals surface area contributed by atoms with Crippen molar-refractivity contribution in [3.05, 3.63) is 119 Å². The smallest absolute Gasteiger partial charge is 0.407 e. The Morgan fingerprint density at radius 1 is 0.592 bits per heavy atom. The highest BCUT2D eigenvalue weighted by atomic mass is 32.2. The summed E-state index contributed by atoms with van der Waals surface area (Å²) < 4.78 is 45.4. The molecule has 26 N–H and O–H groups in total.